The molecule has 3 atom stereocenters. The van der Waals surface area contributed by atoms with Crippen molar-refractivity contribution in [1.82, 2.24) is 0 Å². The van der Waals surface area contributed by atoms with Crippen LogP contribution in [-0.2, 0) is 6.42 Å². The molecule has 3 unspecified atom stereocenters. The third kappa shape index (κ3) is 2.59. The molecular formula is C19H29NO. The fourth-order valence-electron chi connectivity index (χ4n) is 4.93. The number of hydrogen-bond donors (Lipinski definition) is 2. The maximum Gasteiger partial charge on any atom is 0.0434 e. The number of anilines is 1. The lowest BCUT2D eigenvalue weighted by Gasteiger charge is -2.43. The molecule has 2 fully saturated rings. The fraction of sp³-hybridized carbons (Fsp3) is 0.684. The number of rotatable bonds is 5. The van der Waals surface area contributed by atoms with Gasteiger partial charge in [0, 0.05) is 18.3 Å². The molecule has 3 rings (SSSR count). The first kappa shape index (κ1) is 14.9. The predicted molar refractivity (Wildman–Crippen MR) is 88.5 cm³/mol. The van der Waals surface area contributed by atoms with Crippen molar-refractivity contribution in [3.63, 3.8) is 0 Å². The van der Waals surface area contributed by atoms with E-state index >= 15 is 0 Å². The first-order valence-electron chi connectivity index (χ1n) is 8.42. The van der Waals surface area contributed by atoms with Crippen molar-refractivity contribution in [3.8, 4) is 0 Å². The molecule has 2 aliphatic rings. The second kappa shape index (κ2) is 5.31. The minimum Gasteiger partial charge on any atom is -0.396 e. The molecule has 116 valence electrons. The molecule has 0 heterocycles. The van der Waals surface area contributed by atoms with E-state index in [0.717, 1.165) is 18.8 Å². The highest BCUT2D eigenvalue weighted by Crippen LogP contribution is 2.63. The van der Waals surface area contributed by atoms with Gasteiger partial charge in [0.2, 0.25) is 0 Å². The third-order valence-electron chi connectivity index (χ3n) is 6.13. The van der Waals surface area contributed by atoms with Crippen LogP contribution in [0.25, 0.3) is 0 Å². The summed E-state index contributed by atoms with van der Waals surface area (Å²) in [6, 6.07) is 9.32. The molecule has 2 aliphatic carbocycles. The summed E-state index contributed by atoms with van der Waals surface area (Å²) >= 11 is 0. The molecule has 2 heteroatoms. The van der Waals surface area contributed by atoms with Gasteiger partial charge < -0.3 is 10.4 Å². The molecule has 1 aromatic rings. The standard InChI is InChI=1S/C19H29NO/c1-18(2)15-9-10-19(3,13-15)17(18)20-16-8-4-6-14(12-16)7-5-11-21/h4,6,8,12,15,17,20-21H,5,7,9-11,13H2,1-3H3. The number of fused-ring (bicyclic) bond motifs is 2. The SMILES string of the molecule is CC12CCC(C1)C(C)(C)C2Nc1cccc(CCCO)c1. The Balaban J connectivity index is 1.77. The summed E-state index contributed by atoms with van der Waals surface area (Å²) in [5.41, 5.74) is 3.40. The van der Waals surface area contributed by atoms with Crippen molar-refractivity contribution in [2.24, 2.45) is 16.7 Å². The average molecular weight is 287 g/mol. The molecule has 2 bridgehead atoms. The number of aryl methyl sites for hydroxylation is 1. The Kier molecular flexibility index (Phi) is 3.77. The summed E-state index contributed by atoms with van der Waals surface area (Å²) in [4.78, 5) is 0. The molecule has 1 aromatic carbocycles. The second-order valence-electron chi connectivity index (χ2n) is 8.02. The first-order chi connectivity index (χ1) is 9.95. The van der Waals surface area contributed by atoms with Gasteiger partial charge >= 0.3 is 0 Å². The summed E-state index contributed by atoms with van der Waals surface area (Å²) in [6.07, 6.45) is 5.95. The van der Waals surface area contributed by atoms with Crippen molar-refractivity contribution < 1.29 is 5.11 Å². The van der Waals surface area contributed by atoms with Crippen LogP contribution in [0.4, 0.5) is 5.69 Å². The van der Waals surface area contributed by atoms with Crippen molar-refractivity contribution in [2.75, 3.05) is 11.9 Å². The normalized spacial score (nSPS) is 33.3. The number of aliphatic hydroxyl groups excluding tert-OH is 1. The maximum absolute atomic E-state index is 8.99. The number of nitrogens with one attached hydrogen (secondary N) is 1. The van der Waals surface area contributed by atoms with Crippen LogP contribution in [-0.4, -0.2) is 17.8 Å². The number of benzene rings is 1. The summed E-state index contributed by atoms with van der Waals surface area (Å²) in [7, 11) is 0. The van der Waals surface area contributed by atoms with Gasteiger partial charge in [0.05, 0.1) is 0 Å². The van der Waals surface area contributed by atoms with E-state index in [1.165, 1.54) is 30.5 Å². The molecule has 2 nitrogen and oxygen atoms in total. The lowest BCUT2D eigenvalue weighted by atomic mass is 9.68. The molecule has 0 saturated heterocycles. The summed E-state index contributed by atoms with van der Waals surface area (Å²) in [6.45, 7) is 7.62. The highest BCUT2D eigenvalue weighted by molar-refractivity contribution is 5.48. The van der Waals surface area contributed by atoms with Crippen LogP contribution in [0.3, 0.4) is 0 Å². The Hall–Kier alpha value is -1.02. The quantitative estimate of drug-likeness (QED) is 0.849. The summed E-state index contributed by atoms with van der Waals surface area (Å²) in [5, 5.41) is 12.8. The maximum atomic E-state index is 8.99. The molecule has 2 N–H and O–H groups in total. The zero-order valence-corrected chi connectivity index (χ0v) is 13.7. The van der Waals surface area contributed by atoms with E-state index in [4.69, 9.17) is 5.11 Å². The molecule has 0 spiro atoms. The molecule has 21 heavy (non-hydrogen) atoms. The largest absolute Gasteiger partial charge is 0.396 e. The van der Waals surface area contributed by atoms with E-state index in [2.05, 4.69) is 50.4 Å². The molecule has 0 radical (unpaired) electrons. The molecule has 2 saturated carbocycles. The highest BCUT2D eigenvalue weighted by Gasteiger charge is 2.59. The van der Waals surface area contributed by atoms with Gasteiger partial charge in [-0.2, -0.15) is 0 Å². The van der Waals surface area contributed by atoms with Crippen molar-refractivity contribution in [3.05, 3.63) is 29.8 Å². The van der Waals surface area contributed by atoms with Gasteiger partial charge in [0.25, 0.3) is 0 Å². The van der Waals surface area contributed by atoms with Gasteiger partial charge in [0.15, 0.2) is 0 Å². The minimum atomic E-state index is 0.271. The molecule has 0 aromatic heterocycles. The van der Waals surface area contributed by atoms with Crippen molar-refractivity contribution >= 4 is 5.69 Å². The predicted octanol–water partition coefficient (Wildman–Crippen LogP) is 4.24. The Morgan fingerprint density at radius 3 is 2.76 bits per heavy atom. The minimum absolute atomic E-state index is 0.271. The lowest BCUT2D eigenvalue weighted by molar-refractivity contribution is 0.155. The highest BCUT2D eigenvalue weighted by atomic mass is 16.2. The second-order valence-corrected chi connectivity index (χ2v) is 8.02. The van der Waals surface area contributed by atoms with Crippen LogP contribution in [0.15, 0.2) is 24.3 Å². The van der Waals surface area contributed by atoms with Crippen LogP contribution < -0.4 is 5.32 Å². The Morgan fingerprint density at radius 1 is 1.29 bits per heavy atom. The summed E-state index contributed by atoms with van der Waals surface area (Å²) < 4.78 is 0. The molecule has 0 aliphatic heterocycles. The lowest BCUT2D eigenvalue weighted by Crippen LogP contribution is -2.45. The van der Waals surface area contributed by atoms with E-state index in [1.807, 2.05) is 0 Å². The van der Waals surface area contributed by atoms with E-state index in [1.54, 1.807) is 0 Å². The van der Waals surface area contributed by atoms with Gasteiger partial charge in [-0.3, -0.25) is 0 Å². The van der Waals surface area contributed by atoms with Crippen LogP contribution in [0.2, 0.25) is 0 Å². The summed E-state index contributed by atoms with van der Waals surface area (Å²) in [5.74, 6) is 0.873. The van der Waals surface area contributed by atoms with Crippen molar-refractivity contribution in [2.45, 2.75) is 58.9 Å². The topological polar surface area (TPSA) is 32.3 Å². The monoisotopic (exact) mass is 287 g/mol. The van der Waals surface area contributed by atoms with E-state index in [-0.39, 0.29) is 6.61 Å². The molecule has 0 amide bonds. The van der Waals surface area contributed by atoms with Crippen LogP contribution >= 0.6 is 0 Å². The zero-order valence-electron chi connectivity index (χ0n) is 13.7. The van der Waals surface area contributed by atoms with Crippen molar-refractivity contribution in [1.29, 1.82) is 0 Å². The first-order valence-corrected chi connectivity index (χ1v) is 8.42. The van der Waals surface area contributed by atoms with Gasteiger partial charge in [0.1, 0.15) is 0 Å². The molecular weight excluding hydrogens is 258 g/mol. The third-order valence-corrected chi connectivity index (χ3v) is 6.13. The number of aliphatic hydroxyl groups is 1. The van der Waals surface area contributed by atoms with Crippen LogP contribution in [0.1, 0.15) is 52.0 Å². The van der Waals surface area contributed by atoms with Gasteiger partial charge in [-0.05, 0) is 66.5 Å². The Bertz CT molecular complexity index is 505. The van der Waals surface area contributed by atoms with Gasteiger partial charge in [-0.1, -0.05) is 32.9 Å². The smallest absolute Gasteiger partial charge is 0.0434 e. The Labute approximate surface area is 129 Å². The van der Waals surface area contributed by atoms with Crippen LogP contribution in [0.5, 0.6) is 0 Å². The zero-order chi connectivity index (χ0) is 15.1. The average Bonchev–Trinajstić information content (AvgIpc) is 2.93. The van der Waals surface area contributed by atoms with E-state index in [0.29, 0.717) is 16.9 Å². The Morgan fingerprint density at radius 2 is 2.10 bits per heavy atom. The van der Waals surface area contributed by atoms with E-state index in [9.17, 15) is 0 Å². The van der Waals surface area contributed by atoms with Gasteiger partial charge in [-0.15, -0.1) is 0 Å². The number of hydrogen-bond acceptors (Lipinski definition) is 2. The van der Waals surface area contributed by atoms with E-state index < -0.39 is 0 Å². The van der Waals surface area contributed by atoms with Crippen LogP contribution in [0, 0.1) is 16.7 Å². The van der Waals surface area contributed by atoms with Gasteiger partial charge in [-0.25, -0.2) is 0 Å². The fourth-order valence-corrected chi connectivity index (χ4v) is 4.93.